The largest absolute Gasteiger partial charge is 0.370 e. The Bertz CT molecular complexity index is 741. The Morgan fingerprint density at radius 2 is 2.33 bits per heavy atom. The molecule has 0 saturated carbocycles. The summed E-state index contributed by atoms with van der Waals surface area (Å²) in [6, 6.07) is 1.60. The molecule has 1 aliphatic rings. The van der Waals surface area contributed by atoms with Crippen LogP contribution in [0.25, 0.3) is 0 Å². The summed E-state index contributed by atoms with van der Waals surface area (Å²) in [6.07, 6.45) is 4.51. The molecule has 0 radical (unpaired) electrons. The van der Waals surface area contributed by atoms with Gasteiger partial charge in [-0.05, 0) is 22.8 Å². The molecule has 10 heteroatoms. The number of hydrogen-bond acceptors (Lipinski definition) is 7. The van der Waals surface area contributed by atoms with Gasteiger partial charge in [0.05, 0.1) is 18.4 Å². The average molecular weight is 332 g/mol. The molecule has 1 fully saturated rings. The normalized spacial score (nSPS) is 17.2. The van der Waals surface area contributed by atoms with Gasteiger partial charge in [0.15, 0.2) is 0 Å². The number of aryl methyl sites for hydroxylation is 2. The first-order valence-corrected chi connectivity index (χ1v) is 7.87. The topological polar surface area (TPSA) is 111 Å². The van der Waals surface area contributed by atoms with Crippen LogP contribution in [0.4, 0.5) is 5.69 Å². The molecule has 2 aromatic rings. The van der Waals surface area contributed by atoms with Crippen LogP contribution in [0.1, 0.15) is 12.8 Å². The highest BCUT2D eigenvalue weighted by Gasteiger charge is 2.23. The van der Waals surface area contributed by atoms with Crippen molar-refractivity contribution in [2.45, 2.75) is 19.4 Å². The molecule has 3 rings (SSSR count). The Morgan fingerprint density at radius 3 is 3.08 bits per heavy atom. The van der Waals surface area contributed by atoms with E-state index in [4.69, 9.17) is 0 Å². The maximum absolute atomic E-state index is 11.9. The number of nitrogens with one attached hydrogen (secondary N) is 1. The Balaban J connectivity index is 1.43. The molecule has 1 N–H and O–H groups in total. The van der Waals surface area contributed by atoms with Crippen LogP contribution in [0.3, 0.4) is 0 Å². The van der Waals surface area contributed by atoms with Crippen molar-refractivity contribution >= 4 is 11.6 Å². The molecule has 1 saturated heterocycles. The van der Waals surface area contributed by atoms with Gasteiger partial charge in [0.25, 0.3) is 5.56 Å². The lowest BCUT2D eigenvalue weighted by Gasteiger charge is -2.18. The third kappa shape index (κ3) is 3.94. The number of carbonyl (C=O) groups excluding carboxylic acids is 1. The highest BCUT2D eigenvalue weighted by molar-refractivity contribution is 5.75. The van der Waals surface area contributed by atoms with Crippen LogP contribution in [0.2, 0.25) is 0 Å². The molecule has 0 aliphatic carbocycles. The summed E-state index contributed by atoms with van der Waals surface area (Å²) in [7, 11) is 1.63. The van der Waals surface area contributed by atoms with Crippen molar-refractivity contribution in [3.05, 3.63) is 28.9 Å². The van der Waals surface area contributed by atoms with Gasteiger partial charge in [-0.3, -0.25) is 9.59 Å². The molecule has 2 aromatic heterocycles. The lowest BCUT2D eigenvalue weighted by atomic mass is 10.1. The van der Waals surface area contributed by atoms with E-state index >= 15 is 0 Å². The van der Waals surface area contributed by atoms with E-state index in [0.717, 1.165) is 25.2 Å². The lowest BCUT2D eigenvalue weighted by molar-refractivity contribution is -0.121. The van der Waals surface area contributed by atoms with Crippen molar-refractivity contribution in [1.82, 2.24) is 35.3 Å². The summed E-state index contributed by atoms with van der Waals surface area (Å²) in [6.45, 7) is 2.76. The molecule has 0 aromatic carbocycles. The minimum absolute atomic E-state index is 0.0146. The average Bonchev–Trinajstić information content (AvgIpc) is 3.25. The number of tetrazole rings is 1. The second-order valence-corrected chi connectivity index (χ2v) is 5.90. The van der Waals surface area contributed by atoms with Gasteiger partial charge in [0.2, 0.25) is 5.91 Å². The quantitative estimate of drug-likeness (QED) is 0.707. The van der Waals surface area contributed by atoms with Crippen LogP contribution in [0.5, 0.6) is 0 Å². The van der Waals surface area contributed by atoms with Crippen LogP contribution < -0.4 is 15.8 Å². The van der Waals surface area contributed by atoms with E-state index < -0.39 is 0 Å². The van der Waals surface area contributed by atoms with Crippen LogP contribution >= 0.6 is 0 Å². The van der Waals surface area contributed by atoms with E-state index in [1.165, 1.54) is 15.7 Å². The number of aromatic nitrogens is 6. The molecule has 1 atom stereocenters. The summed E-state index contributed by atoms with van der Waals surface area (Å²) in [5.41, 5.74) is 0.720. The molecule has 128 valence electrons. The summed E-state index contributed by atoms with van der Waals surface area (Å²) in [5, 5.41) is 17.8. The Hall–Kier alpha value is -2.78. The van der Waals surface area contributed by atoms with Crippen molar-refractivity contribution in [3.63, 3.8) is 0 Å². The van der Waals surface area contributed by atoms with Gasteiger partial charge in [-0.2, -0.15) is 5.10 Å². The molecule has 3 heterocycles. The van der Waals surface area contributed by atoms with Crippen molar-refractivity contribution in [1.29, 1.82) is 0 Å². The summed E-state index contributed by atoms with van der Waals surface area (Å²) in [5.74, 6) is 0.352. The number of nitrogens with zero attached hydrogens (tertiary/aromatic N) is 7. The number of rotatable bonds is 6. The Kier molecular flexibility index (Phi) is 4.82. The smallest absolute Gasteiger partial charge is 0.268 e. The maximum Gasteiger partial charge on any atom is 0.268 e. The summed E-state index contributed by atoms with van der Waals surface area (Å²) < 4.78 is 2.84. The van der Waals surface area contributed by atoms with E-state index in [1.807, 2.05) is 0 Å². The predicted octanol–water partition coefficient (Wildman–Crippen LogP) is -1.20. The first-order chi connectivity index (χ1) is 11.6. The summed E-state index contributed by atoms with van der Waals surface area (Å²) in [4.78, 5) is 25.7. The monoisotopic (exact) mass is 332 g/mol. The first kappa shape index (κ1) is 16.1. The second kappa shape index (κ2) is 7.20. The van der Waals surface area contributed by atoms with Crippen molar-refractivity contribution in [3.8, 4) is 0 Å². The van der Waals surface area contributed by atoms with Gasteiger partial charge in [-0.1, -0.05) is 0 Å². The predicted molar refractivity (Wildman–Crippen MR) is 85.2 cm³/mol. The van der Waals surface area contributed by atoms with Gasteiger partial charge in [-0.15, -0.1) is 5.10 Å². The van der Waals surface area contributed by atoms with Crippen LogP contribution in [0.15, 0.2) is 23.4 Å². The molecule has 1 amide bonds. The molecule has 1 aliphatic heterocycles. The van der Waals surface area contributed by atoms with Crippen LogP contribution in [-0.4, -0.2) is 55.5 Å². The fourth-order valence-electron chi connectivity index (χ4n) is 2.71. The van der Waals surface area contributed by atoms with Crippen molar-refractivity contribution < 1.29 is 4.79 Å². The van der Waals surface area contributed by atoms with Crippen LogP contribution in [-0.2, 0) is 18.4 Å². The number of amides is 1. The number of hydrogen-bond donors (Lipinski definition) is 1. The maximum atomic E-state index is 11.9. The lowest BCUT2D eigenvalue weighted by Crippen LogP contribution is -2.32. The molecule has 0 bridgehead atoms. The van der Waals surface area contributed by atoms with E-state index in [1.54, 1.807) is 19.3 Å². The highest BCUT2D eigenvalue weighted by Crippen LogP contribution is 2.21. The van der Waals surface area contributed by atoms with E-state index in [9.17, 15) is 9.59 Å². The summed E-state index contributed by atoms with van der Waals surface area (Å²) >= 11 is 0. The van der Waals surface area contributed by atoms with E-state index in [2.05, 4.69) is 30.8 Å². The zero-order valence-corrected chi connectivity index (χ0v) is 13.5. The number of carbonyl (C=O) groups is 1. The molecular weight excluding hydrogens is 312 g/mol. The van der Waals surface area contributed by atoms with E-state index in [0.29, 0.717) is 25.4 Å². The standard InChI is InChI=1S/C14H20N8O2/c1-20-14(24)6-12(8-17-20)21-4-2-11(9-21)7-15-13(23)3-5-22-10-16-18-19-22/h6,8,10-11H,2-5,7,9H2,1H3,(H,15,23)/t11-/m0/s1. The van der Waals surface area contributed by atoms with Crippen LogP contribution in [0, 0.1) is 5.92 Å². The van der Waals surface area contributed by atoms with Gasteiger partial charge < -0.3 is 10.2 Å². The Labute approximate surface area is 138 Å². The molecule has 0 unspecified atom stereocenters. The Morgan fingerprint density at radius 1 is 1.46 bits per heavy atom. The van der Waals surface area contributed by atoms with Crippen molar-refractivity contribution in [2.24, 2.45) is 13.0 Å². The molecule has 24 heavy (non-hydrogen) atoms. The fraction of sp³-hybridized carbons (Fsp3) is 0.571. The minimum Gasteiger partial charge on any atom is -0.370 e. The zero-order chi connectivity index (χ0) is 16.9. The minimum atomic E-state index is -0.119. The van der Waals surface area contributed by atoms with Gasteiger partial charge in [0, 0.05) is 39.2 Å². The van der Waals surface area contributed by atoms with Crippen molar-refractivity contribution in [2.75, 3.05) is 24.5 Å². The SMILES string of the molecule is Cn1ncc(N2CC[C@@H](CNC(=O)CCn3cnnn3)C2)cc1=O. The van der Waals surface area contributed by atoms with E-state index in [-0.39, 0.29) is 11.5 Å². The fourth-order valence-corrected chi connectivity index (χ4v) is 2.71. The van der Waals surface area contributed by atoms with Gasteiger partial charge in [-0.25, -0.2) is 9.36 Å². The zero-order valence-electron chi connectivity index (χ0n) is 13.5. The second-order valence-electron chi connectivity index (χ2n) is 5.90. The molecule has 0 spiro atoms. The van der Waals surface area contributed by atoms with Gasteiger partial charge >= 0.3 is 0 Å². The third-order valence-electron chi connectivity index (χ3n) is 4.15. The van der Waals surface area contributed by atoms with Gasteiger partial charge in [0.1, 0.15) is 6.33 Å². The molecule has 10 nitrogen and oxygen atoms in total. The highest BCUT2D eigenvalue weighted by atomic mass is 16.1. The number of anilines is 1. The first-order valence-electron chi connectivity index (χ1n) is 7.87. The molecular formula is C14H20N8O2. The third-order valence-corrected chi connectivity index (χ3v) is 4.15.